The molecule has 150 valence electrons. The summed E-state index contributed by atoms with van der Waals surface area (Å²) in [7, 11) is 0. The highest BCUT2D eigenvalue weighted by Gasteiger charge is 2.21. The van der Waals surface area contributed by atoms with E-state index in [2.05, 4.69) is 53.8 Å². The predicted molar refractivity (Wildman–Crippen MR) is 121 cm³/mol. The fourth-order valence-electron chi connectivity index (χ4n) is 3.94. The van der Waals surface area contributed by atoms with Crippen LogP contribution >= 0.6 is 0 Å². The molecule has 0 bridgehead atoms. The van der Waals surface area contributed by atoms with Crippen molar-refractivity contribution >= 4 is 5.82 Å². The summed E-state index contributed by atoms with van der Waals surface area (Å²) in [5, 5.41) is 8.62. The zero-order chi connectivity index (χ0) is 20.2. The fourth-order valence-corrected chi connectivity index (χ4v) is 3.94. The first-order valence-corrected chi connectivity index (χ1v) is 10.6. The molecule has 30 heavy (non-hydrogen) atoms. The van der Waals surface area contributed by atoms with Gasteiger partial charge in [-0.25, -0.2) is 4.68 Å². The van der Waals surface area contributed by atoms with Crippen molar-refractivity contribution in [3.63, 3.8) is 0 Å². The standard InChI is InChI=1S/C26H25N3O/c1-3-9-20(10-4-1)19-30-23-16-14-22(15-17-23)29-26-24(13-7-8-18-27-26)25(28-29)21-11-5-2-6-12-21/h1-6,9-12,14-17,27H,7-8,13,18-19H2. The molecule has 0 amide bonds. The van der Waals surface area contributed by atoms with Gasteiger partial charge in [0.05, 0.1) is 11.4 Å². The quantitative estimate of drug-likeness (QED) is 0.459. The van der Waals surface area contributed by atoms with E-state index in [0.717, 1.165) is 41.5 Å². The number of nitrogens with one attached hydrogen (secondary N) is 1. The van der Waals surface area contributed by atoms with Crippen LogP contribution < -0.4 is 10.1 Å². The van der Waals surface area contributed by atoms with E-state index in [1.54, 1.807) is 0 Å². The summed E-state index contributed by atoms with van der Waals surface area (Å²) in [6.07, 6.45) is 3.40. The van der Waals surface area contributed by atoms with Gasteiger partial charge in [-0.3, -0.25) is 0 Å². The molecule has 0 atom stereocenters. The third-order valence-corrected chi connectivity index (χ3v) is 5.51. The Kier molecular flexibility index (Phi) is 5.21. The first kappa shape index (κ1) is 18.5. The first-order chi connectivity index (χ1) is 14.9. The molecule has 0 saturated carbocycles. The summed E-state index contributed by atoms with van der Waals surface area (Å²) in [5.41, 5.74) is 5.75. The van der Waals surface area contributed by atoms with E-state index in [0.29, 0.717) is 6.61 Å². The highest BCUT2D eigenvalue weighted by molar-refractivity contribution is 5.71. The molecule has 3 aromatic carbocycles. The molecule has 2 heterocycles. The van der Waals surface area contributed by atoms with Gasteiger partial charge < -0.3 is 10.1 Å². The average Bonchev–Trinajstić information content (AvgIpc) is 3.00. The van der Waals surface area contributed by atoms with Crippen molar-refractivity contribution in [1.29, 1.82) is 0 Å². The van der Waals surface area contributed by atoms with Crippen molar-refractivity contribution in [3.05, 3.63) is 96.1 Å². The number of benzene rings is 3. The summed E-state index contributed by atoms with van der Waals surface area (Å²) in [6.45, 7) is 1.54. The molecule has 0 saturated heterocycles. The Morgan fingerprint density at radius 1 is 0.833 bits per heavy atom. The van der Waals surface area contributed by atoms with Crippen LogP contribution in [-0.4, -0.2) is 16.3 Å². The number of ether oxygens (including phenoxy) is 1. The van der Waals surface area contributed by atoms with Gasteiger partial charge in [-0.2, -0.15) is 5.10 Å². The van der Waals surface area contributed by atoms with Crippen LogP contribution in [0, 0.1) is 0 Å². The number of hydrogen-bond acceptors (Lipinski definition) is 3. The maximum Gasteiger partial charge on any atom is 0.133 e. The van der Waals surface area contributed by atoms with Crippen molar-refractivity contribution in [2.75, 3.05) is 11.9 Å². The van der Waals surface area contributed by atoms with Crippen LogP contribution in [0.4, 0.5) is 5.82 Å². The molecule has 1 aromatic heterocycles. The lowest BCUT2D eigenvalue weighted by molar-refractivity contribution is 0.306. The van der Waals surface area contributed by atoms with Crippen LogP contribution in [0.3, 0.4) is 0 Å². The van der Waals surface area contributed by atoms with Crippen molar-refractivity contribution in [1.82, 2.24) is 9.78 Å². The molecule has 0 fully saturated rings. The van der Waals surface area contributed by atoms with E-state index in [-0.39, 0.29) is 0 Å². The van der Waals surface area contributed by atoms with Crippen molar-refractivity contribution in [2.24, 2.45) is 0 Å². The Bertz CT molecular complexity index is 1100. The second-order valence-electron chi connectivity index (χ2n) is 7.61. The minimum absolute atomic E-state index is 0.567. The predicted octanol–water partition coefficient (Wildman–Crippen LogP) is 5.87. The number of fused-ring (bicyclic) bond motifs is 1. The van der Waals surface area contributed by atoms with Gasteiger partial charge in [0.25, 0.3) is 0 Å². The lowest BCUT2D eigenvalue weighted by Gasteiger charge is -2.11. The molecule has 1 aliphatic heterocycles. The van der Waals surface area contributed by atoms with Gasteiger partial charge in [0.15, 0.2) is 0 Å². The van der Waals surface area contributed by atoms with Crippen molar-refractivity contribution < 1.29 is 4.74 Å². The highest BCUT2D eigenvalue weighted by Crippen LogP contribution is 2.34. The van der Waals surface area contributed by atoms with Gasteiger partial charge in [-0.05, 0) is 49.1 Å². The Hall–Kier alpha value is -3.53. The molecule has 5 rings (SSSR count). The minimum atomic E-state index is 0.567. The molecule has 1 aliphatic rings. The Morgan fingerprint density at radius 3 is 2.33 bits per heavy atom. The van der Waals surface area contributed by atoms with Crippen LogP contribution in [0.15, 0.2) is 84.9 Å². The van der Waals surface area contributed by atoms with Crippen LogP contribution in [-0.2, 0) is 13.0 Å². The number of hydrogen-bond donors (Lipinski definition) is 1. The summed E-state index contributed by atoms with van der Waals surface area (Å²) in [4.78, 5) is 0. The number of rotatable bonds is 5. The summed E-state index contributed by atoms with van der Waals surface area (Å²) >= 11 is 0. The van der Waals surface area contributed by atoms with Gasteiger partial charge in [-0.1, -0.05) is 60.7 Å². The average molecular weight is 396 g/mol. The van der Waals surface area contributed by atoms with Crippen LogP contribution in [0.2, 0.25) is 0 Å². The van der Waals surface area contributed by atoms with Gasteiger partial charge in [-0.15, -0.1) is 0 Å². The molecular formula is C26H25N3O. The second-order valence-corrected chi connectivity index (χ2v) is 7.61. The smallest absolute Gasteiger partial charge is 0.133 e. The van der Waals surface area contributed by atoms with E-state index in [1.165, 1.54) is 24.0 Å². The largest absolute Gasteiger partial charge is 0.489 e. The maximum atomic E-state index is 5.94. The van der Waals surface area contributed by atoms with Gasteiger partial charge in [0, 0.05) is 17.7 Å². The molecule has 4 nitrogen and oxygen atoms in total. The molecule has 0 unspecified atom stereocenters. The Morgan fingerprint density at radius 2 is 1.57 bits per heavy atom. The number of aromatic nitrogens is 2. The monoisotopic (exact) mass is 395 g/mol. The first-order valence-electron chi connectivity index (χ1n) is 10.6. The zero-order valence-electron chi connectivity index (χ0n) is 16.9. The summed E-state index contributed by atoms with van der Waals surface area (Å²) < 4.78 is 7.99. The minimum Gasteiger partial charge on any atom is -0.489 e. The van der Waals surface area contributed by atoms with Crippen molar-refractivity contribution in [2.45, 2.75) is 25.9 Å². The molecule has 4 aromatic rings. The summed E-state index contributed by atoms with van der Waals surface area (Å²) in [5.74, 6) is 1.97. The van der Waals surface area contributed by atoms with Crippen LogP contribution in [0.25, 0.3) is 16.9 Å². The second kappa shape index (κ2) is 8.46. The summed E-state index contributed by atoms with van der Waals surface area (Å²) in [6, 6.07) is 28.9. The normalized spacial score (nSPS) is 13.2. The van der Waals surface area contributed by atoms with Gasteiger partial charge in [0.2, 0.25) is 0 Å². The Labute approximate surface area is 177 Å². The lowest BCUT2D eigenvalue weighted by atomic mass is 10.0. The maximum absolute atomic E-state index is 5.94. The lowest BCUT2D eigenvalue weighted by Crippen LogP contribution is -2.07. The molecular weight excluding hydrogens is 370 g/mol. The molecule has 1 N–H and O–H groups in total. The van der Waals surface area contributed by atoms with Crippen LogP contribution in [0.5, 0.6) is 5.75 Å². The van der Waals surface area contributed by atoms with Gasteiger partial charge >= 0.3 is 0 Å². The topological polar surface area (TPSA) is 39.1 Å². The van der Waals surface area contributed by atoms with E-state index in [4.69, 9.17) is 9.84 Å². The van der Waals surface area contributed by atoms with Crippen molar-refractivity contribution in [3.8, 4) is 22.7 Å². The highest BCUT2D eigenvalue weighted by atomic mass is 16.5. The SMILES string of the molecule is c1ccc(COc2ccc(-n3nc(-c4ccccc4)c4c3NCCCC4)cc2)cc1. The third-order valence-electron chi connectivity index (χ3n) is 5.51. The number of nitrogens with zero attached hydrogens (tertiary/aromatic N) is 2. The van der Waals surface area contributed by atoms with Gasteiger partial charge in [0.1, 0.15) is 18.2 Å². The van der Waals surface area contributed by atoms with Crippen LogP contribution in [0.1, 0.15) is 24.0 Å². The third kappa shape index (κ3) is 3.81. The molecule has 0 radical (unpaired) electrons. The van der Waals surface area contributed by atoms with E-state index in [9.17, 15) is 0 Å². The van der Waals surface area contributed by atoms with E-state index in [1.807, 2.05) is 41.1 Å². The number of anilines is 1. The van der Waals surface area contributed by atoms with E-state index >= 15 is 0 Å². The molecule has 4 heteroatoms. The Balaban J connectivity index is 1.44. The fraction of sp³-hybridized carbons (Fsp3) is 0.192. The van der Waals surface area contributed by atoms with E-state index < -0.39 is 0 Å². The molecule has 0 spiro atoms. The molecule has 0 aliphatic carbocycles. The zero-order valence-corrected chi connectivity index (χ0v) is 16.9.